The lowest BCUT2D eigenvalue weighted by Crippen LogP contribution is -2.47. The van der Waals surface area contributed by atoms with E-state index >= 15 is 0 Å². The number of aromatic amines is 1. The lowest BCUT2D eigenvalue weighted by molar-refractivity contribution is -0.127. The predicted octanol–water partition coefficient (Wildman–Crippen LogP) is 3.34. The second-order valence-corrected chi connectivity index (χ2v) is 8.07. The summed E-state index contributed by atoms with van der Waals surface area (Å²) in [6, 6.07) is 10.5. The molecule has 1 aliphatic rings. The summed E-state index contributed by atoms with van der Waals surface area (Å²) in [4.78, 5) is 22.7. The van der Waals surface area contributed by atoms with E-state index in [2.05, 4.69) is 20.1 Å². The third-order valence-corrected chi connectivity index (χ3v) is 5.93. The molecule has 1 fully saturated rings. The molecule has 4 rings (SSSR count). The number of rotatable bonds is 5. The van der Waals surface area contributed by atoms with Crippen molar-refractivity contribution < 1.29 is 9.18 Å². The topological polar surface area (TPSA) is 65.1 Å². The maximum atomic E-state index is 13.9. The molecule has 0 unspecified atom stereocenters. The first-order valence-corrected chi connectivity index (χ1v) is 10.3. The van der Waals surface area contributed by atoms with Crippen molar-refractivity contribution in [3.8, 4) is 10.4 Å². The molecule has 3 heterocycles. The van der Waals surface area contributed by atoms with Crippen LogP contribution in [0, 0.1) is 12.7 Å². The summed E-state index contributed by atoms with van der Waals surface area (Å²) >= 11 is 1.47. The molecule has 1 N–H and O–H groups in total. The first-order chi connectivity index (χ1) is 14.1. The highest BCUT2D eigenvalue weighted by molar-refractivity contribution is 7.16. The second-order valence-electron chi connectivity index (χ2n) is 6.95. The van der Waals surface area contributed by atoms with E-state index in [-0.39, 0.29) is 11.7 Å². The zero-order chi connectivity index (χ0) is 20.2. The summed E-state index contributed by atoms with van der Waals surface area (Å²) in [5.74, 6) is 1.36. The number of benzene rings is 1. The van der Waals surface area contributed by atoms with E-state index in [1.54, 1.807) is 24.3 Å². The smallest absolute Gasteiger partial charge is 0.246 e. The van der Waals surface area contributed by atoms with Crippen molar-refractivity contribution in [2.75, 3.05) is 26.2 Å². The fourth-order valence-corrected chi connectivity index (χ4v) is 4.23. The highest BCUT2D eigenvalue weighted by Crippen LogP contribution is 2.30. The molecule has 0 aliphatic carbocycles. The van der Waals surface area contributed by atoms with Gasteiger partial charge < -0.3 is 4.90 Å². The average molecular weight is 412 g/mol. The number of halogens is 1. The molecule has 1 aromatic carbocycles. The number of piperazine rings is 1. The largest absolute Gasteiger partial charge is 0.337 e. The number of carbonyl (C=O) groups excluding carboxylic acids is 1. The first kappa shape index (κ1) is 19.5. The Kier molecular flexibility index (Phi) is 5.82. The summed E-state index contributed by atoms with van der Waals surface area (Å²) < 4.78 is 13.9. The van der Waals surface area contributed by atoms with Gasteiger partial charge in [0.05, 0.1) is 6.54 Å². The fraction of sp³-hybridized carbons (Fsp3) is 0.286. The van der Waals surface area contributed by atoms with Gasteiger partial charge in [0, 0.05) is 47.6 Å². The van der Waals surface area contributed by atoms with Crippen LogP contribution >= 0.6 is 11.3 Å². The molecule has 3 aromatic rings. The molecule has 1 saturated heterocycles. The van der Waals surface area contributed by atoms with Crippen molar-refractivity contribution in [1.29, 1.82) is 0 Å². The summed E-state index contributed by atoms with van der Waals surface area (Å²) in [7, 11) is 0. The minimum atomic E-state index is -0.237. The van der Waals surface area contributed by atoms with Crippen molar-refractivity contribution in [2.24, 2.45) is 0 Å². The van der Waals surface area contributed by atoms with Gasteiger partial charge in [-0.25, -0.2) is 9.37 Å². The van der Waals surface area contributed by atoms with Gasteiger partial charge in [-0.3, -0.25) is 14.8 Å². The molecule has 0 atom stereocenters. The van der Waals surface area contributed by atoms with E-state index in [0.717, 1.165) is 34.5 Å². The Bertz CT molecular complexity index is 1020. The van der Waals surface area contributed by atoms with E-state index < -0.39 is 0 Å². The van der Waals surface area contributed by atoms with Crippen LogP contribution in [0.5, 0.6) is 0 Å². The van der Waals surface area contributed by atoms with Crippen LogP contribution < -0.4 is 0 Å². The van der Waals surface area contributed by atoms with E-state index in [0.29, 0.717) is 25.2 Å². The van der Waals surface area contributed by atoms with E-state index in [1.165, 1.54) is 17.4 Å². The number of nitrogens with one attached hydrogen (secondary N) is 1. The van der Waals surface area contributed by atoms with Crippen LogP contribution in [-0.4, -0.2) is 57.1 Å². The normalized spacial score (nSPS) is 15.3. The molecule has 150 valence electrons. The lowest BCUT2D eigenvalue weighted by Gasteiger charge is -2.33. The number of hydrogen-bond donors (Lipinski definition) is 1. The minimum Gasteiger partial charge on any atom is -0.337 e. The van der Waals surface area contributed by atoms with Crippen LogP contribution in [0.1, 0.15) is 16.5 Å². The summed E-state index contributed by atoms with van der Waals surface area (Å²) in [6.07, 6.45) is 3.41. The van der Waals surface area contributed by atoms with Gasteiger partial charge in [-0.15, -0.1) is 11.3 Å². The highest BCUT2D eigenvalue weighted by Gasteiger charge is 2.20. The van der Waals surface area contributed by atoms with E-state index in [9.17, 15) is 9.18 Å². The molecule has 0 bridgehead atoms. The molecule has 6 nitrogen and oxygen atoms in total. The van der Waals surface area contributed by atoms with Crippen molar-refractivity contribution >= 4 is 23.3 Å². The van der Waals surface area contributed by atoms with Crippen LogP contribution in [0.3, 0.4) is 0 Å². The Labute approximate surface area is 172 Å². The van der Waals surface area contributed by atoms with E-state index in [1.807, 2.05) is 30.0 Å². The second kappa shape index (κ2) is 8.67. The molecule has 0 spiro atoms. The van der Waals surface area contributed by atoms with Gasteiger partial charge in [0.1, 0.15) is 11.6 Å². The SMILES string of the molecule is Cc1nc(CN2CCN(C(=O)/C=C/c3ccc(-c4ccccc4F)s3)CC2)n[nH]1. The molecular weight excluding hydrogens is 389 g/mol. The van der Waals surface area contributed by atoms with E-state index in [4.69, 9.17) is 0 Å². The Hall–Kier alpha value is -2.84. The molecular formula is C21H22FN5OS. The van der Waals surface area contributed by atoms with Gasteiger partial charge in [-0.2, -0.15) is 5.10 Å². The van der Waals surface area contributed by atoms with Crippen molar-refractivity contribution in [2.45, 2.75) is 13.5 Å². The summed E-state index contributed by atoms with van der Waals surface area (Å²) in [5, 5.41) is 7.02. The number of nitrogens with zero attached hydrogens (tertiary/aromatic N) is 4. The molecule has 0 saturated carbocycles. The quantitative estimate of drug-likeness (QED) is 0.654. The van der Waals surface area contributed by atoms with Gasteiger partial charge in [0.15, 0.2) is 5.82 Å². The Balaban J connectivity index is 1.31. The van der Waals surface area contributed by atoms with Crippen LogP contribution in [0.2, 0.25) is 0 Å². The molecule has 0 radical (unpaired) electrons. The minimum absolute atomic E-state index is 0.000712. The van der Waals surface area contributed by atoms with Crippen LogP contribution in [-0.2, 0) is 11.3 Å². The molecule has 1 amide bonds. The van der Waals surface area contributed by atoms with Gasteiger partial charge >= 0.3 is 0 Å². The number of hydrogen-bond acceptors (Lipinski definition) is 5. The number of H-pyrrole nitrogens is 1. The molecule has 1 aliphatic heterocycles. The maximum Gasteiger partial charge on any atom is 0.246 e. The van der Waals surface area contributed by atoms with Gasteiger partial charge in [0.2, 0.25) is 5.91 Å². The third kappa shape index (κ3) is 4.78. The van der Waals surface area contributed by atoms with Crippen molar-refractivity contribution in [3.05, 3.63) is 64.8 Å². The zero-order valence-electron chi connectivity index (χ0n) is 16.1. The fourth-order valence-electron chi connectivity index (χ4n) is 3.29. The Morgan fingerprint density at radius 2 is 2.00 bits per heavy atom. The van der Waals surface area contributed by atoms with Crippen LogP contribution in [0.25, 0.3) is 16.5 Å². The molecule has 2 aromatic heterocycles. The lowest BCUT2D eigenvalue weighted by atomic mass is 10.2. The number of carbonyl (C=O) groups is 1. The monoisotopic (exact) mass is 411 g/mol. The number of aryl methyl sites for hydroxylation is 1. The van der Waals surface area contributed by atoms with Gasteiger partial charge in [-0.05, 0) is 31.2 Å². The third-order valence-electron chi connectivity index (χ3n) is 4.85. The van der Waals surface area contributed by atoms with Crippen molar-refractivity contribution in [1.82, 2.24) is 25.0 Å². The number of amides is 1. The standard InChI is InChI=1S/C21H22FN5OS/c1-15-23-20(25-24-15)14-26-10-12-27(13-11-26)21(28)9-7-16-6-8-19(29-16)17-4-2-3-5-18(17)22/h2-9H,10-14H2,1H3,(H,23,24,25)/b9-7+. The van der Waals surface area contributed by atoms with Crippen LogP contribution in [0.4, 0.5) is 4.39 Å². The molecule has 8 heteroatoms. The van der Waals surface area contributed by atoms with Crippen molar-refractivity contribution in [3.63, 3.8) is 0 Å². The maximum absolute atomic E-state index is 13.9. The zero-order valence-corrected chi connectivity index (χ0v) is 17.0. The van der Waals surface area contributed by atoms with Gasteiger partial charge in [0.25, 0.3) is 0 Å². The highest BCUT2D eigenvalue weighted by atomic mass is 32.1. The summed E-state index contributed by atoms with van der Waals surface area (Å²) in [6.45, 7) is 5.52. The predicted molar refractivity (Wildman–Crippen MR) is 112 cm³/mol. The first-order valence-electron chi connectivity index (χ1n) is 9.50. The Morgan fingerprint density at radius 3 is 2.72 bits per heavy atom. The number of thiophene rings is 1. The Morgan fingerprint density at radius 1 is 1.21 bits per heavy atom. The number of aromatic nitrogens is 3. The molecule has 29 heavy (non-hydrogen) atoms. The van der Waals surface area contributed by atoms with Crippen LogP contribution in [0.15, 0.2) is 42.5 Å². The average Bonchev–Trinajstić information content (AvgIpc) is 3.36. The summed E-state index contributed by atoms with van der Waals surface area (Å²) in [5.41, 5.74) is 0.584. The van der Waals surface area contributed by atoms with Gasteiger partial charge in [-0.1, -0.05) is 18.2 Å².